The Morgan fingerprint density at radius 1 is 1.14 bits per heavy atom. The summed E-state index contributed by atoms with van der Waals surface area (Å²) in [6, 6.07) is 6.37. The lowest BCUT2D eigenvalue weighted by molar-refractivity contribution is -0.116. The molecule has 0 spiro atoms. The number of rotatable bonds is 7. The molecule has 1 saturated heterocycles. The molecule has 8 heteroatoms. The number of anilines is 2. The minimum absolute atomic E-state index is 0.185. The van der Waals surface area contributed by atoms with Gasteiger partial charge in [0.1, 0.15) is 11.6 Å². The maximum atomic E-state index is 13.6. The van der Waals surface area contributed by atoms with E-state index < -0.39 is 17.5 Å². The Bertz CT molecular complexity index is 854. The molecule has 0 radical (unpaired) electrons. The van der Waals surface area contributed by atoms with Gasteiger partial charge in [-0.05, 0) is 43.5 Å². The molecule has 2 N–H and O–H groups in total. The van der Waals surface area contributed by atoms with E-state index in [0.717, 1.165) is 43.9 Å². The number of hydrogen-bond donors (Lipinski definition) is 2. The molecular formula is C20H22F2N4O2. The molecule has 6 nitrogen and oxygen atoms in total. The number of pyridine rings is 1. The molecule has 1 aromatic heterocycles. The lowest BCUT2D eigenvalue weighted by atomic mass is 10.2. The largest absolute Gasteiger partial charge is 0.355 e. The molecular weight excluding hydrogens is 366 g/mol. The number of nitrogens with zero attached hydrogens (tertiary/aromatic N) is 2. The topological polar surface area (TPSA) is 74.3 Å². The standard InChI is InChI=1S/C20H22F2N4O2/c21-14-7-8-15(16(22)13-14)20(28)24-10-4-6-18(27)25-17-5-3-9-23-19(17)26-11-1-2-12-26/h3,5,7-9,13H,1-2,4,6,10-12H2,(H,24,28)(H,25,27). The first-order valence-electron chi connectivity index (χ1n) is 9.27. The SMILES string of the molecule is O=C(CCCNC(=O)c1ccc(F)cc1F)Nc1cccnc1N1CCCC1. The van der Waals surface area contributed by atoms with Gasteiger partial charge in [-0.15, -0.1) is 0 Å². The first kappa shape index (κ1) is 19.7. The monoisotopic (exact) mass is 388 g/mol. The molecule has 1 fully saturated rings. The molecule has 1 aromatic carbocycles. The third kappa shape index (κ3) is 5.03. The van der Waals surface area contributed by atoms with E-state index in [1.165, 1.54) is 0 Å². The smallest absolute Gasteiger partial charge is 0.254 e. The van der Waals surface area contributed by atoms with E-state index in [1.807, 2.05) is 6.07 Å². The highest BCUT2D eigenvalue weighted by Crippen LogP contribution is 2.26. The number of carbonyl (C=O) groups excluding carboxylic acids is 2. The Labute approximate surface area is 162 Å². The Kier molecular flexibility index (Phi) is 6.52. The van der Waals surface area contributed by atoms with Gasteiger partial charge in [0.05, 0.1) is 11.3 Å². The van der Waals surface area contributed by atoms with Crippen molar-refractivity contribution in [2.45, 2.75) is 25.7 Å². The molecule has 1 aliphatic rings. The summed E-state index contributed by atoms with van der Waals surface area (Å²) in [5.74, 6) is -1.71. The van der Waals surface area contributed by atoms with Gasteiger partial charge in [0.2, 0.25) is 5.91 Å². The minimum Gasteiger partial charge on any atom is -0.355 e. The second kappa shape index (κ2) is 9.25. The van der Waals surface area contributed by atoms with Gasteiger partial charge in [-0.3, -0.25) is 9.59 Å². The van der Waals surface area contributed by atoms with E-state index in [2.05, 4.69) is 20.5 Å². The number of halogens is 2. The first-order chi connectivity index (χ1) is 13.5. The van der Waals surface area contributed by atoms with Crippen molar-refractivity contribution in [3.05, 3.63) is 53.7 Å². The van der Waals surface area contributed by atoms with E-state index >= 15 is 0 Å². The van der Waals surface area contributed by atoms with Crippen LogP contribution in [0, 0.1) is 11.6 Å². The zero-order valence-corrected chi connectivity index (χ0v) is 15.4. The van der Waals surface area contributed by atoms with Crippen LogP contribution < -0.4 is 15.5 Å². The predicted octanol–water partition coefficient (Wildman–Crippen LogP) is 3.11. The summed E-state index contributed by atoms with van der Waals surface area (Å²) < 4.78 is 26.5. The summed E-state index contributed by atoms with van der Waals surface area (Å²) in [7, 11) is 0. The normalized spacial score (nSPS) is 13.4. The highest BCUT2D eigenvalue weighted by Gasteiger charge is 2.18. The zero-order valence-electron chi connectivity index (χ0n) is 15.4. The summed E-state index contributed by atoms with van der Waals surface area (Å²) >= 11 is 0. The van der Waals surface area contributed by atoms with Gasteiger partial charge < -0.3 is 15.5 Å². The van der Waals surface area contributed by atoms with Crippen molar-refractivity contribution in [2.75, 3.05) is 29.9 Å². The van der Waals surface area contributed by atoms with Gasteiger partial charge in [0.25, 0.3) is 5.91 Å². The third-order valence-corrected chi connectivity index (χ3v) is 4.51. The molecule has 1 aliphatic heterocycles. The lowest BCUT2D eigenvalue weighted by Crippen LogP contribution is -2.26. The quantitative estimate of drug-likeness (QED) is 0.715. The average Bonchev–Trinajstić information content (AvgIpc) is 3.20. The fourth-order valence-corrected chi connectivity index (χ4v) is 3.11. The highest BCUT2D eigenvalue weighted by molar-refractivity contribution is 5.95. The first-order valence-corrected chi connectivity index (χ1v) is 9.27. The van der Waals surface area contributed by atoms with Crippen LogP contribution in [-0.4, -0.2) is 36.4 Å². The van der Waals surface area contributed by atoms with E-state index in [1.54, 1.807) is 12.3 Å². The lowest BCUT2D eigenvalue weighted by Gasteiger charge is -2.20. The van der Waals surface area contributed by atoms with Crippen LogP contribution in [0.4, 0.5) is 20.3 Å². The van der Waals surface area contributed by atoms with Crippen LogP contribution in [0.1, 0.15) is 36.0 Å². The molecule has 2 amide bonds. The second-order valence-corrected chi connectivity index (χ2v) is 6.60. The summed E-state index contributed by atoms with van der Waals surface area (Å²) in [5.41, 5.74) is 0.447. The van der Waals surface area contributed by atoms with Gasteiger partial charge in [-0.2, -0.15) is 0 Å². The Balaban J connectivity index is 1.46. The molecule has 0 aliphatic carbocycles. The van der Waals surface area contributed by atoms with Crippen molar-refractivity contribution in [2.24, 2.45) is 0 Å². The van der Waals surface area contributed by atoms with Gasteiger partial charge in [-0.25, -0.2) is 13.8 Å². The molecule has 28 heavy (non-hydrogen) atoms. The van der Waals surface area contributed by atoms with E-state index in [9.17, 15) is 18.4 Å². The molecule has 0 atom stereocenters. The molecule has 2 aromatic rings. The van der Waals surface area contributed by atoms with Crippen LogP contribution in [0.15, 0.2) is 36.5 Å². The number of carbonyl (C=O) groups is 2. The zero-order chi connectivity index (χ0) is 19.9. The second-order valence-electron chi connectivity index (χ2n) is 6.60. The average molecular weight is 388 g/mol. The van der Waals surface area contributed by atoms with E-state index in [4.69, 9.17) is 0 Å². The summed E-state index contributed by atoms with van der Waals surface area (Å²) in [6.07, 6.45) is 4.50. The van der Waals surface area contributed by atoms with Crippen LogP contribution >= 0.6 is 0 Å². The van der Waals surface area contributed by atoms with E-state index in [0.29, 0.717) is 18.2 Å². The van der Waals surface area contributed by atoms with Crippen molar-refractivity contribution in [3.8, 4) is 0 Å². The number of nitrogens with one attached hydrogen (secondary N) is 2. The van der Waals surface area contributed by atoms with Gasteiger partial charge in [0.15, 0.2) is 5.82 Å². The molecule has 0 saturated carbocycles. The van der Waals surface area contributed by atoms with Crippen LogP contribution in [0.25, 0.3) is 0 Å². The molecule has 148 valence electrons. The van der Waals surface area contributed by atoms with Crippen LogP contribution in [-0.2, 0) is 4.79 Å². The number of amides is 2. The summed E-state index contributed by atoms with van der Waals surface area (Å²) in [5, 5.41) is 5.40. The van der Waals surface area contributed by atoms with Crippen molar-refractivity contribution < 1.29 is 18.4 Å². The summed E-state index contributed by atoms with van der Waals surface area (Å²) in [4.78, 5) is 30.6. The molecule has 0 bridgehead atoms. The third-order valence-electron chi connectivity index (χ3n) is 4.51. The molecule has 3 rings (SSSR count). The Morgan fingerprint density at radius 2 is 1.93 bits per heavy atom. The van der Waals surface area contributed by atoms with Crippen molar-refractivity contribution in [1.82, 2.24) is 10.3 Å². The van der Waals surface area contributed by atoms with E-state index in [-0.39, 0.29) is 24.4 Å². The number of aromatic nitrogens is 1. The fourth-order valence-electron chi connectivity index (χ4n) is 3.11. The predicted molar refractivity (Wildman–Crippen MR) is 102 cm³/mol. The van der Waals surface area contributed by atoms with Gasteiger partial charge in [0, 0.05) is 38.3 Å². The van der Waals surface area contributed by atoms with Gasteiger partial charge >= 0.3 is 0 Å². The van der Waals surface area contributed by atoms with Crippen molar-refractivity contribution in [1.29, 1.82) is 0 Å². The molecule has 2 heterocycles. The minimum atomic E-state index is -0.915. The van der Waals surface area contributed by atoms with Crippen molar-refractivity contribution >= 4 is 23.3 Å². The summed E-state index contributed by atoms with van der Waals surface area (Å²) in [6.45, 7) is 2.05. The number of hydrogen-bond acceptors (Lipinski definition) is 4. The molecule has 0 unspecified atom stereocenters. The van der Waals surface area contributed by atoms with Crippen molar-refractivity contribution in [3.63, 3.8) is 0 Å². The van der Waals surface area contributed by atoms with Crippen LogP contribution in [0.3, 0.4) is 0 Å². The Hall–Kier alpha value is -3.03. The van der Waals surface area contributed by atoms with Crippen LogP contribution in [0.2, 0.25) is 0 Å². The fraction of sp³-hybridized carbons (Fsp3) is 0.350. The maximum absolute atomic E-state index is 13.6. The van der Waals surface area contributed by atoms with Gasteiger partial charge in [-0.1, -0.05) is 0 Å². The maximum Gasteiger partial charge on any atom is 0.254 e. The number of benzene rings is 1. The Morgan fingerprint density at radius 3 is 2.68 bits per heavy atom. The van der Waals surface area contributed by atoms with Crippen LogP contribution in [0.5, 0.6) is 0 Å². The highest BCUT2D eigenvalue weighted by atomic mass is 19.1.